The Kier molecular flexibility index (Phi) is 1.79. The Morgan fingerprint density at radius 2 is 2.20 bits per heavy atom. The van der Waals surface area contributed by atoms with Gasteiger partial charge in [0.25, 0.3) is 0 Å². The Hall–Kier alpha value is -0.260. The Bertz CT molecular complexity index is 144. The van der Waals surface area contributed by atoms with E-state index in [1.54, 1.807) is 5.57 Å². The summed E-state index contributed by atoms with van der Waals surface area (Å²) in [6.45, 7) is 0. The molecule has 0 aromatic heterocycles. The van der Waals surface area contributed by atoms with E-state index in [-0.39, 0.29) is 0 Å². The molecule has 10 heavy (non-hydrogen) atoms. The minimum Gasteiger partial charge on any atom is -0.0853 e. The minimum absolute atomic E-state index is 1.07. The average molecular weight is 136 g/mol. The molecule has 0 heterocycles. The molecule has 2 bridgehead atoms. The van der Waals surface area contributed by atoms with E-state index in [2.05, 4.69) is 6.08 Å². The van der Waals surface area contributed by atoms with Crippen molar-refractivity contribution < 1.29 is 0 Å². The topological polar surface area (TPSA) is 0 Å². The van der Waals surface area contributed by atoms with Gasteiger partial charge in [-0.3, -0.25) is 0 Å². The maximum atomic E-state index is 2.49. The van der Waals surface area contributed by atoms with Crippen molar-refractivity contribution in [3.05, 3.63) is 11.6 Å². The molecule has 1 fully saturated rings. The highest BCUT2D eigenvalue weighted by Crippen LogP contribution is 2.34. The van der Waals surface area contributed by atoms with Crippen molar-refractivity contribution in [3.8, 4) is 0 Å². The van der Waals surface area contributed by atoms with Crippen LogP contribution in [0.1, 0.15) is 44.9 Å². The van der Waals surface area contributed by atoms with Crippen LogP contribution in [-0.4, -0.2) is 0 Å². The maximum Gasteiger partial charge on any atom is -0.0292 e. The molecule has 0 N–H and O–H groups in total. The summed E-state index contributed by atoms with van der Waals surface area (Å²) in [6.07, 6.45) is 12.7. The van der Waals surface area contributed by atoms with Crippen molar-refractivity contribution in [2.45, 2.75) is 44.9 Å². The van der Waals surface area contributed by atoms with Gasteiger partial charge in [-0.2, -0.15) is 0 Å². The second-order valence-electron chi connectivity index (χ2n) is 3.76. The monoisotopic (exact) mass is 136 g/mol. The lowest BCUT2D eigenvalue weighted by Gasteiger charge is -2.18. The van der Waals surface area contributed by atoms with Crippen LogP contribution in [0.25, 0.3) is 0 Å². The first-order chi connectivity index (χ1) is 4.95. The van der Waals surface area contributed by atoms with Gasteiger partial charge < -0.3 is 0 Å². The molecule has 1 atom stereocenters. The number of hydrogen-bond donors (Lipinski definition) is 0. The van der Waals surface area contributed by atoms with Gasteiger partial charge in [0.15, 0.2) is 0 Å². The van der Waals surface area contributed by atoms with Crippen molar-refractivity contribution in [2.75, 3.05) is 0 Å². The van der Waals surface area contributed by atoms with Crippen LogP contribution >= 0.6 is 0 Å². The summed E-state index contributed by atoms with van der Waals surface area (Å²) < 4.78 is 0. The zero-order valence-corrected chi connectivity index (χ0v) is 6.60. The quantitative estimate of drug-likeness (QED) is 0.448. The Morgan fingerprint density at radius 1 is 1.20 bits per heavy atom. The number of allylic oxidation sites excluding steroid dienone is 2. The van der Waals surface area contributed by atoms with E-state index < -0.39 is 0 Å². The summed E-state index contributed by atoms with van der Waals surface area (Å²) in [6, 6.07) is 0. The molecule has 56 valence electrons. The van der Waals surface area contributed by atoms with Gasteiger partial charge >= 0.3 is 0 Å². The van der Waals surface area contributed by atoms with Crippen LogP contribution in [-0.2, 0) is 0 Å². The van der Waals surface area contributed by atoms with E-state index >= 15 is 0 Å². The Labute approximate surface area is 63.3 Å². The number of hydrogen-bond acceptors (Lipinski definition) is 0. The van der Waals surface area contributed by atoms with Crippen molar-refractivity contribution in [2.24, 2.45) is 5.92 Å². The van der Waals surface area contributed by atoms with Gasteiger partial charge in [0.05, 0.1) is 0 Å². The lowest BCUT2D eigenvalue weighted by Crippen LogP contribution is -2.03. The van der Waals surface area contributed by atoms with E-state index in [4.69, 9.17) is 0 Å². The first kappa shape index (κ1) is 6.45. The fourth-order valence-electron chi connectivity index (χ4n) is 2.31. The molecule has 0 heteroatoms. The lowest BCUT2D eigenvalue weighted by atomic mass is 9.88. The summed E-state index contributed by atoms with van der Waals surface area (Å²) in [5.74, 6) is 1.07. The van der Waals surface area contributed by atoms with Crippen LogP contribution in [0, 0.1) is 5.92 Å². The molecule has 1 saturated carbocycles. The third kappa shape index (κ3) is 1.25. The molecule has 2 aliphatic carbocycles. The van der Waals surface area contributed by atoms with Gasteiger partial charge in [0.1, 0.15) is 0 Å². The molecule has 0 spiro atoms. The maximum absolute atomic E-state index is 2.49. The second kappa shape index (κ2) is 2.77. The van der Waals surface area contributed by atoms with Gasteiger partial charge in [-0.15, -0.1) is 0 Å². The number of rotatable bonds is 0. The normalized spacial score (nSPS) is 32.8. The van der Waals surface area contributed by atoms with E-state index in [1.165, 1.54) is 44.9 Å². The van der Waals surface area contributed by atoms with Gasteiger partial charge in [0, 0.05) is 0 Å². The molecule has 2 rings (SSSR count). The van der Waals surface area contributed by atoms with E-state index in [0.717, 1.165) is 5.92 Å². The van der Waals surface area contributed by atoms with E-state index in [9.17, 15) is 0 Å². The molecular weight excluding hydrogens is 120 g/mol. The molecule has 0 amide bonds. The molecule has 0 aromatic rings. The van der Waals surface area contributed by atoms with Crippen LogP contribution in [0.15, 0.2) is 11.6 Å². The van der Waals surface area contributed by atoms with Crippen molar-refractivity contribution >= 4 is 0 Å². The van der Waals surface area contributed by atoms with Gasteiger partial charge in [-0.25, -0.2) is 0 Å². The smallest absolute Gasteiger partial charge is 0.0292 e. The van der Waals surface area contributed by atoms with Crippen LogP contribution < -0.4 is 0 Å². The lowest BCUT2D eigenvalue weighted by molar-refractivity contribution is 0.440. The highest BCUT2D eigenvalue weighted by atomic mass is 14.2. The molecule has 0 saturated heterocycles. The summed E-state index contributed by atoms with van der Waals surface area (Å²) in [5, 5.41) is 0. The van der Waals surface area contributed by atoms with Gasteiger partial charge in [-0.05, 0) is 38.0 Å². The van der Waals surface area contributed by atoms with Crippen molar-refractivity contribution in [1.82, 2.24) is 0 Å². The Balaban J connectivity index is 2.09. The molecule has 2 aliphatic rings. The standard InChI is InChI=1S/C10H16/c1-2-5-10-7-3-6-9(4-1)8-10/h6,10H,1-5,7-8H2. The first-order valence-corrected chi connectivity index (χ1v) is 4.63. The fourth-order valence-corrected chi connectivity index (χ4v) is 2.31. The predicted octanol–water partition coefficient (Wildman–Crippen LogP) is 3.29. The van der Waals surface area contributed by atoms with Crippen molar-refractivity contribution in [3.63, 3.8) is 0 Å². The average Bonchev–Trinajstić information content (AvgIpc) is 2.12. The fraction of sp³-hybridized carbons (Fsp3) is 0.800. The van der Waals surface area contributed by atoms with Crippen molar-refractivity contribution in [1.29, 1.82) is 0 Å². The highest BCUT2D eigenvalue weighted by Gasteiger charge is 2.17. The number of fused-ring (bicyclic) bond motifs is 2. The second-order valence-corrected chi connectivity index (χ2v) is 3.76. The highest BCUT2D eigenvalue weighted by molar-refractivity contribution is 5.07. The summed E-state index contributed by atoms with van der Waals surface area (Å²) >= 11 is 0. The first-order valence-electron chi connectivity index (χ1n) is 4.63. The molecule has 0 aromatic carbocycles. The Morgan fingerprint density at radius 3 is 3.20 bits per heavy atom. The SMILES string of the molecule is C1=C2CCCCC(CC1)C2. The van der Waals surface area contributed by atoms with Crippen LogP contribution in [0.2, 0.25) is 0 Å². The van der Waals surface area contributed by atoms with E-state index in [0.29, 0.717) is 0 Å². The van der Waals surface area contributed by atoms with Crippen LogP contribution in [0.4, 0.5) is 0 Å². The molecule has 1 unspecified atom stereocenters. The predicted molar refractivity (Wildman–Crippen MR) is 43.9 cm³/mol. The van der Waals surface area contributed by atoms with Gasteiger partial charge in [-0.1, -0.05) is 24.5 Å². The summed E-state index contributed by atoms with van der Waals surface area (Å²) in [5.41, 5.74) is 1.77. The molecule has 0 nitrogen and oxygen atoms in total. The van der Waals surface area contributed by atoms with Crippen LogP contribution in [0.3, 0.4) is 0 Å². The zero-order chi connectivity index (χ0) is 6.81. The van der Waals surface area contributed by atoms with Gasteiger partial charge in [0.2, 0.25) is 0 Å². The minimum atomic E-state index is 1.07. The molecule has 0 aliphatic heterocycles. The summed E-state index contributed by atoms with van der Waals surface area (Å²) in [4.78, 5) is 0. The zero-order valence-electron chi connectivity index (χ0n) is 6.60. The molecular formula is C10H16. The third-order valence-corrected chi connectivity index (χ3v) is 2.92. The van der Waals surface area contributed by atoms with E-state index in [1.807, 2.05) is 0 Å². The van der Waals surface area contributed by atoms with Crippen LogP contribution in [0.5, 0.6) is 0 Å². The molecule has 0 radical (unpaired) electrons. The largest absolute Gasteiger partial charge is 0.0853 e. The summed E-state index contributed by atoms with van der Waals surface area (Å²) in [7, 11) is 0. The third-order valence-electron chi connectivity index (χ3n) is 2.92.